The molecule has 29 heavy (non-hydrogen) atoms. The van der Waals surface area contributed by atoms with Crippen LogP contribution in [0.5, 0.6) is 0 Å². The van der Waals surface area contributed by atoms with Gasteiger partial charge in [-0.25, -0.2) is 4.79 Å². The number of aryl methyl sites for hydroxylation is 1. The van der Waals surface area contributed by atoms with E-state index >= 15 is 0 Å². The van der Waals surface area contributed by atoms with E-state index < -0.39 is 0 Å². The van der Waals surface area contributed by atoms with Gasteiger partial charge >= 0.3 is 6.03 Å². The van der Waals surface area contributed by atoms with E-state index in [9.17, 15) is 4.79 Å². The van der Waals surface area contributed by atoms with E-state index in [4.69, 9.17) is 4.74 Å². The summed E-state index contributed by atoms with van der Waals surface area (Å²) in [4.78, 5) is 16.0. The Hall–Kier alpha value is -3.25. The van der Waals surface area contributed by atoms with Gasteiger partial charge in [0.2, 0.25) is 0 Å². The van der Waals surface area contributed by atoms with Crippen molar-refractivity contribution in [3.63, 3.8) is 0 Å². The summed E-state index contributed by atoms with van der Waals surface area (Å²) < 4.78 is 5.87. The van der Waals surface area contributed by atoms with Crippen molar-refractivity contribution in [1.82, 2.24) is 19.9 Å². The van der Waals surface area contributed by atoms with Crippen LogP contribution in [-0.4, -0.2) is 45.1 Å². The number of hydrogen-bond donors (Lipinski definition) is 0. The molecule has 148 valence electrons. The van der Waals surface area contributed by atoms with Gasteiger partial charge < -0.3 is 9.64 Å². The van der Waals surface area contributed by atoms with Crippen molar-refractivity contribution in [1.29, 1.82) is 0 Å². The van der Waals surface area contributed by atoms with Gasteiger partial charge in [-0.3, -0.25) is 0 Å². The van der Waals surface area contributed by atoms with E-state index in [1.165, 1.54) is 10.4 Å². The molecule has 0 N–H and O–H groups in total. The molecule has 0 saturated carbocycles. The number of carbonyl (C=O) groups is 1. The second kappa shape index (κ2) is 8.84. The van der Waals surface area contributed by atoms with Crippen LogP contribution < -0.4 is 0 Å². The minimum absolute atomic E-state index is 0.131. The molecule has 0 unspecified atom stereocenters. The summed E-state index contributed by atoms with van der Waals surface area (Å²) in [5, 5.41) is 8.60. The quantitative estimate of drug-likeness (QED) is 0.618. The summed E-state index contributed by atoms with van der Waals surface area (Å²) in [6, 6.07) is 17.7. The first-order valence-electron chi connectivity index (χ1n) is 9.79. The third kappa shape index (κ3) is 4.60. The zero-order valence-electron chi connectivity index (χ0n) is 16.4. The highest BCUT2D eigenvalue weighted by atomic mass is 16.5. The van der Waals surface area contributed by atoms with Crippen LogP contribution in [0.2, 0.25) is 0 Å². The van der Waals surface area contributed by atoms with Crippen LogP contribution in [0.1, 0.15) is 17.5 Å². The van der Waals surface area contributed by atoms with Crippen LogP contribution in [0, 0.1) is 6.92 Å². The largest absolute Gasteiger partial charge is 0.374 e. The van der Waals surface area contributed by atoms with Gasteiger partial charge in [0.25, 0.3) is 0 Å². The Bertz CT molecular complexity index is 980. The molecule has 6 heteroatoms. The van der Waals surface area contributed by atoms with Gasteiger partial charge in [-0.1, -0.05) is 77.1 Å². The fourth-order valence-corrected chi connectivity index (χ4v) is 3.32. The first kappa shape index (κ1) is 19.1. The molecule has 0 fully saturated rings. The van der Waals surface area contributed by atoms with Crippen molar-refractivity contribution in [2.45, 2.75) is 26.0 Å². The first-order chi connectivity index (χ1) is 14.2. The molecule has 4 rings (SSSR count). The number of ether oxygens (including phenoxy) is 1. The molecule has 2 aromatic carbocycles. The highest BCUT2D eigenvalue weighted by molar-refractivity contribution is 5.76. The SMILES string of the molecule is Cc1ccc(-c2cnn(C(=O)N3CCC=C[C@@H]3COCc3ccccc3)n2)cc1. The van der Waals surface area contributed by atoms with E-state index in [1.807, 2.05) is 67.6 Å². The Labute approximate surface area is 170 Å². The molecule has 2 heterocycles. The molecule has 0 saturated heterocycles. The zero-order valence-corrected chi connectivity index (χ0v) is 16.4. The first-order valence-corrected chi connectivity index (χ1v) is 9.79. The molecule has 6 nitrogen and oxygen atoms in total. The highest BCUT2D eigenvalue weighted by Gasteiger charge is 2.26. The molecule has 3 aromatic rings. The maximum atomic E-state index is 13.0. The van der Waals surface area contributed by atoms with Crippen molar-refractivity contribution in [2.75, 3.05) is 13.2 Å². The van der Waals surface area contributed by atoms with E-state index in [0.29, 0.717) is 25.5 Å². The second-order valence-electron chi connectivity index (χ2n) is 7.15. The van der Waals surface area contributed by atoms with Crippen molar-refractivity contribution in [2.24, 2.45) is 0 Å². The monoisotopic (exact) mass is 388 g/mol. The van der Waals surface area contributed by atoms with Crippen LogP contribution in [0.4, 0.5) is 4.79 Å². The van der Waals surface area contributed by atoms with Gasteiger partial charge in [0.15, 0.2) is 0 Å². The average Bonchev–Trinajstić information content (AvgIpc) is 3.25. The number of carbonyl (C=O) groups excluding carboxylic acids is 1. The lowest BCUT2D eigenvalue weighted by Crippen LogP contribution is -2.46. The molecule has 0 radical (unpaired) electrons. The van der Waals surface area contributed by atoms with Crippen LogP contribution in [0.15, 0.2) is 72.9 Å². The van der Waals surface area contributed by atoms with Crippen molar-refractivity contribution in [3.8, 4) is 11.3 Å². The lowest BCUT2D eigenvalue weighted by molar-refractivity contribution is 0.0742. The van der Waals surface area contributed by atoms with Crippen molar-refractivity contribution >= 4 is 6.03 Å². The Kier molecular flexibility index (Phi) is 5.81. The number of hydrogen-bond acceptors (Lipinski definition) is 4. The predicted octanol–water partition coefficient (Wildman–Crippen LogP) is 4.07. The Morgan fingerprint density at radius 2 is 1.93 bits per heavy atom. The maximum Gasteiger partial charge on any atom is 0.362 e. The summed E-state index contributed by atoms with van der Waals surface area (Å²) in [5.74, 6) is 0. The summed E-state index contributed by atoms with van der Waals surface area (Å²) in [6.45, 7) is 3.61. The predicted molar refractivity (Wildman–Crippen MR) is 111 cm³/mol. The van der Waals surface area contributed by atoms with Crippen molar-refractivity contribution < 1.29 is 9.53 Å². The highest BCUT2D eigenvalue weighted by Crippen LogP contribution is 2.18. The van der Waals surface area contributed by atoms with Crippen LogP contribution >= 0.6 is 0 Å². The zero-order chi connectivity index (χ0) is 20.1. The third-order valence-corrected chi connectivity index (χ3v) is 4.95. The van der Waals surface area contributed by atoms with Crippen LogP contribution in [0.3, 0.4) is 0 Å². The van der Waals surface area contributed by atoms with Gasteiger partial charge in [0.05, 0.1) is 25.5 Å². The van der Waals surface area contributed by atoms with E-state index in [0.717, 1.165) is 17.5 Å². The lowest BCUT2D eigenvalue weighted by Gasteiger charge is -2.31. The fourth-order valence-electron chi connectivity index (χ4n) is 3.32. The van der Waals surface area contributed by atoms with Crippen LogP contribution in [-0.2, 0) is 11.3 Å². The Morgan fingerprint density at radius 3 is 2.72 bits per heavy atom. The fraction of sp³-hybridized carbons (Fsp3) is 0.261. The average molecular weight is 388 g/mol. The van der Waals surface area contributed by atoms with Gasteiger partial charge in [-0.2, -0.15) is 5.10 Å². The van der Waals surface area contributed by atoms with Gasteiger partial charge in [0, 0.05) is 12.1 Å². The molecule has 1 atom stereocenters. The van der Waals surface area contributed by atoms with E-state index in [2.05, 4.69) is 16.3 Å². The molecular formula is C23H24N4O2. The molecule has 0 spiro atoms. The Morgan fingerprint density at radius 1 is 1.14 bits per heavy atom. The Balaban J connectivity index is 1.42. The molecule has 1 aromatic heterocycles. The number of benzene rings is 2. The normalized spacial score (nSPS) is 16.2. The molecule has 1 amide bonds. The van der Waals surface area contributed by atoms with E-state index in [1.54, 1.807) is 11.1 Å². The lowest BCUT2D eigenvalue weighted by atomic mass is 10.1. The molecule has 0 aliphatic carbocycles. The summed E-state index contributed by atoms with van der Waals surface area (Å²) in [5.41, 5.74) is 3.91. The third-order valence-electron chi connectivity index (χ3n) is 4.95. The van der Waals surface area contributed by atoms with Crippen molar-refractivity contribution in [3.05, 3.63) is 84.1 Å². The van der Waals surface area contributed by atoms with Crippen LogP contribution in [0.25, 0.3) is 11.3 Å². The number of aromatic nitrogens is 3. The minimum atomic E-state index is -0.235. The smallest absolute Gasteiger partial charge is 0.362 e. The molecule has 1 aliphatic rings. The summed E-state index contributed by atoms with van der Waals surface area (Å²) >= 11 is 0. The minimum Gasteiger partial charge on any atom is -0.374 e. The van der Waals surface area contributed by atoms with E-state index in [-0.39, 0.29) is 12.1 Å². The molecule has 0 bridgehead atoms. The second-order valence-corrected chi connectivity index (χ2v) is 7.15. The maximum absolute atomic E-state index is 13.0. The number of rotatable bonds is 5. The number of nitrogens with zero attached hydrogens (tertiary/aromatic N) is 4. The topological polar surface area (TPSA) is 60.2 Å². The van der Waals surface area contributed by atoms with Gasteiger partial charge in [-0.15, -0.1) is 5.10 Å². The molecule has 1 aliphatic heterocycles. The summed E-state index contributed by atoms with van der Waals surface area (Å²) in [6.07, 6.45) is 6.56. The van der Waals surface area contributed by atoms with Gasteiger partial charge in [-0.05, 0) is 18.9 Å². The summed E-state index contributed by atoms with van der Waals surface area (Å²) in [7, 11) is 0. The standard InChI is InChI=1S/C23H24N4O2/c1-18-10-12-20(13-11-18)22-15-24-27(25-22)23(28)26-14-6-5-9-21(26)17-29-16-19-7-3-2-4-8-19/h2-5,7-13,15,21H,6,14,16-17H2,1H3/t21-/m1/s1. The number of amides is 1. The van der Waals surface area contributed by atoms with Gasteiger partial charge in [0.1, 0.15) is 5.69 Å². The molecular weight excluding hydrogens is 364 g/mol.